The maximum Gasteiger partial charge on any atom is 0.329 e. The minimum atomic E-state index is -2.08. The summed E-state index contributed by atoms with van der Waals surface area (Å²) in [4.78, 5) is 24.0. The first-order valence-corrected chi connectivity index (χ1v) is 18.5. The van der Waals surface area contributed by atoms with Crippen molar-refractivity contribution in [3.8, 4) is 0 Å². The molecule has 3 aliphatic rings. The van der Waals surface area contributed by atoms with Crippen LogP contribution in [0.2, 0.25) is 12.6 Å². The quantitative estimate of drug-likeness (QED) is 0.243. The van der Waals surface area contributed by atoms with E-state index in [2.05, 4.69) is 93.8 Å². The number of rotatable bonds is 8. The summed E-state index contributed by atoms with van der Waals surface area (Å²) < 4.78 is 24.2. The minimum Gasteiger partial charge on any atom is -0.352 e. The topological polar surface area (TPSA) is 94.5 Å². The van der Waals surface area contributed by atoms with E-state index < -0.39 is 22.8 Å². The molecule has 0 radical (unpaired) electrons. The van der Waals surface area contributed by atoms with E-state index in [0.29, 0.717) is 23.6 Å². The normalized spacial score (nSPS) is 28.4. The van der Waals surface area contributed by atoms with Crippen LogP contribution in [0.1, 0.15) is 38.8 Å². The van der Waals surface area contributed by atoms with Crippen molar-refractivity contribution in [2.75, 3.05) is 6.54 Å². The molecule has 2 aromatic heterocycles. The van der Waals surface area contributed by atoms with Gasteiger partial charge in [0, 0.05) is 19.0 Å². The zero-order valence-corrected chi connectivity index (χ0v) is 25.3. The van der Waals surface area contributed by atoms with Crippen LogP contribution >= 0.6 is 8.53 Å². The van der Waals surface area contributed by atoms with Gasteiger partial charge in [-0.3, -0.25) is 0 Å². The van der Waals surface area contributed by atoms with Crippen molar-refractivity contribution in [1.29, 1.82) is 0 Å². The van der Waals surface area contributed by atoms with Gasteiger partial charge >= 0.3 is 5.69 Å². The van der Waals surface area contributed by atoms with E-state index >= 15 is 0 Å². The van der Waals surface area contributed by atoms with Gasteiger partial charge in [-0.2, -0.15) is 0 Å². The van der Waals surface area contributed by atoms with Crippen molar-refractivity contribution in [1.82, 2.24) is 24.2 Å². The van der Waals surface area contributed by atoms with Crippen LogP contribution in [0.25, 0.3) is 11.2 Å². The molecule has 3 aliphatic heterocycles. The third-order valence-corrected chi connectivity index (χ3v) is 15.3. The first-order valence-electron chi connectivity index (χ1n) is 14.6. The number of H-pyrrole nitrogens is 1. The fraction of sp³-hybridized carbons (Fsp3) is 0.433. The van der Waals surface area contributed by atoms with Crippen molar-refractivity contribution in [3.63, 3.8) is 0 Å². The maximum absolute atomic E-state index is 12.8. The Morgan fingerprint density at radius 3 is 2.54 bits per heavy atom. The lowest BCUT2D eigenvalue weighted by Gasteiger charge is -2.32. The van der Waals surface area contributed by atoms with Crippen molar-refractivity contribution >= 4 is 38.1 Å². The van der Waals surface area contributed by atoms with E-state index in [1.54, 1.807) is 10.8 Å². The number of nitrogens with one attached hydrogen (secondary N) is 1. The molecule has 3 fully saturated rings. The number of imidazole rings is 1. The van der Waals surface area contributed by atoms with Crippen LogP contribution in [0.4, 0.5) is 0 Å². The average molecular weight is 590 g/mol. The first kappa shape index (κ1) is 27.1. The Labute approximate surface area is 241 Å². The summed E-state index contributed by atoms with van der Waals surface area (Å²) in [6.45, 7) is 5.58. The van der Waals surface area contributed by atoms with Crippen LogP contribution in [0.5, 0.6) is 0 Å². The first-order chi connectivity index (χ1) is 20.0. The van der Waals surface area contributed by atoms with E-state index in [-0.39, 0.29) is 24.0 Å². The van der Waals surface area contributed by atoms with Gasteiger partial charge in [0.1, 0.15) is 26.1 Å². The number of hydrogen-bond acceptors (Lipinski definition) is 7. The minimum absolute atomic E-state index is 0.117. The van der Waals surface area contributed by atoms with E-state index in [4.69, 9.17) is 13.8 Å². The summed E-state index contributed by atoms with van der Waals surface area (Å²) >= 11 is 0. The summed E-state index contributed by atoms with van der Waals surface area (Å²) in [5.41, 5.74) is 0.919. The standard InChI is InChI=1S/C30H36N5O4PSi/c1-3-25-26(17-28(37-25)35-29-23(33-30(35)36)18-31-20-32-29)38-40-34-16-10-15-24(34)27(39-40)19-41(2,21-11-6-4-7-12-21)22-13-8-5-9-14-22/h4-9,11-14,18,20,24-28H,3,10,15-17,19H2,1-2H3,(H,33,36)/t24-,25+,26?,27+,28+,40-/m0/s1. The van der Waals surface area contributed by atoms with Gasteiger partial charge in [-0.1, -0.05) is 84.5 Å². The van der Waals surface area contributed by atoms with Crippen LogP contribution in [-0.2, 0) is 13.8 Å². The SMILES string of the molecule is CC[C@H]1O[C@@H](n2c(=O)[nH]c3cncnc32)CC1O[P@@]1O[C@H](C[Si](C)(c2ccccc2)c2ccccc2)[C@@H]2CCCN21. The molecule has 2 aromatic carbocycles. The molecule has 11 heteroatoms. The molecule has 9 nitrogen and oxygen atoms in total. The Hall–Kier alpha value is -2.72. The van der Waals surface area contributed by atoms with Crippen molar-refractivity contribution in [2.45, 2.75) is 75.8 Å². The van der Waals surface area contributed by atoms with Crippen LogP contribution in [0.15, 0.2) is 78.0 Å². The monoisotopic (exact) mass is 589 g/mol. The van der Waals surface area contributed by atoms with Gasteiger partial charge in [0.25, 0.3) is 8.53 Å². The van der Waals surface area contributed by atoms with Gasteiger partial charge in [0.15, 0.2) is 5.65 Å². The Bertz CT molecular complexity index is 1510. The van der Waals surface area contributed by atoms with E-state index in [1.165, 1.54) is 16.7 Å². The highest BCUT2D eigenvalue weighted by Crippen LogP contribution is 2.59. The van der Waals surface area contributed by atoms with Gasteiger partial charge in [0.2, 0.25) is 0 Å². The molecule has 0 bridgehead atoms. The molecule has 3 saturated heterocycles. The Morgan fingerprint density at radius 2 is 1.83 bits per heavy atom. The molecule has 7 rings (SSSR count). The number of nitrogens with zero attached hydrogens (tertiary/aromatic N) is 4. The molecular weight excluding hydrogens is 553 g/mol. The number of ether oxygens (including phenoxy) is 1. The van der Waals surface area contributed by atoms with Gasteiger partial charge in [0.05, 0.1) is 24.5 Å². The highest BCUT2D eigenvalue weighted by molar-refractivity contribution is 7.45. The van der Waals surface area contributed by atoms with Crippen LogP contribution in [-0.4, -0.2) is 63.2 Å². The summed E-state index contributed by atoms with van der Waals surface area (Å²) in [7, 11) is -3.30. The number of aromatic nitrogens is 4. The molecule has 1 N–H and O–H groups in total. The molecule has 0 spiro atoms. The summed E-state index contributed by atoms with van der Waals surface area (Å²) in [5, 5.41) is 2.87. The highest BCUT2D eigenvalue weighted by atomic mass is 31.2. The van der Waals surface area contributed by atoms with Gasteiger partial charge < -0.3 is 18.8 Å². The number of benzene rings is 2. The zero-order chi connectivity index (χ0) is 28.0. The zero-order valence-electron chi connectivity index (χ0n) is 23.4. The molecule has 0 saturated carbocycles. The lowest BCUT2D eigenvalue weighted by Crippen LogP contribution is -2.58. The van der Waals surface area contributed by atoms with Crippen LogP contribution < -0.4 is 16.1 Å². The fourth-order valence-corrected chi connectivity index (χ4v) is 12.8. The maximum atomic E-state index is 12.8. The third-order valence-electron chi connectivity index (χ3n) is 9.04. The van der Waals surface area contributed by atoms with Crippen molar-refractivity contribution in [3.05, 3.63) is 83.7 Å². The largest absolute Gasteiger partial charge is 0.352 e. The van der Waals surface area contributed by atoms with Crippen molar-refractivity contribution in [2.24, 2.45) is 0 Å². The molecule has 41 heavy (non-hydrogen) atoms. The average Bonchev–Trinajstić information content (AvgIpc) is 3.78. The summed E-state index contributed by atoms with van der Waals surface area (Å²) in [5.74, 6) is 0. The Kier molecular flexibility index (Phi) is 7.39. The highest BCUT2D eigenvalue weighted by Gasteiger charge is 2.51. The second-order valence-electron chi connectivity index (χ2n) is 11.5. The van der Waals surface area contributed by atoms with Gasteiger partial charge in [-0.15, -0.1) is 0 Å². The molecular formula is C30H36N5O4PSi. The Morgan fingerprint density at radius 1 is 1.10 bits per heavy atom. The van der Waals surface area contributed by atoms with Crippen molar-refractivity contribution < 1.29 is 13.8 Å². The number of aromatic amines is 1. The van der Waals surface area contributed by atoms with E-state index in [1.807, 2.05) is 0 Å². The number of fused-ring (bicyclic) bond motifs is 2. The molecule has 214 valence electrons. The summed E-state index contributed by atoms with van der Waals surface area (Å²) in [6.07, 6.45) is 6.10. The number of hydrogen-bond donors (Lipinski definition) is 1. The van der Waals surface area contributed by atoms with E-state index in [0.717, 1.165) is 31.9 Å². The molecule has 0 amide bonds. The molecule has 0 aliphatic carbocycles. The third kappa shape index (κ3) is 4.90. The van der Waals surface area contributed by atoms with Gasteiger partial charge in [-0.25, -0.2) is 24.0 Å². The Balaban J connectivity index is 1.13. The molecule has 6 atom stereocenters. The summed E-state index contributed by atoms with van der Waals surface area (Å²) in [6, 6.07) is 23.4. The predicted octanol–water partition coefficient (Wildman–Crippen LogP) is 4.19. The fourth-order valence-electron chi connectivity index (χ4n) is 6.87. The molecule has 4 aromatic rings. The van der Waals surface area contributed by atoms with Crippen LogP contribution in [0, 0.1) is 0 Å². The van der Waals surface area contributed by atoms with Crippen LogP contribution in [0.3, 0.4) is 0 Å². The lowest BCUT2D eigenvalue weighted by molar-refractivity contribution is -0.0165. The molecule has 1 unspecified atom stereocenters. The lowest BCUT2D eigenvalue weighted by atomic mass is 10.1. The second kappa shape index (κ2) is 11.2. The second-order valence-corrected chi connectivity index (χ2v) is 17.1. The van der Waals surface area contributed by atoms with E-state index in [9.17, 15) is 4.79 Å². The van der Waals surface area contributed by atoms with Gasteiger partial charge in [-0.05, 0) is 25.3 Å². The smallest absolute Gasteiger partial charge is 0.329 e. The molecule has 5 heterocycles. The predicted molar refractivity (Wildman–Crippen MR) is 162 cm³/mol.